The van der Waals surface area contributed by atoms with Crippen molar-refractivity contribution < 1.29 is 14.3 Å². The Morgan fingerprint density at radius 2 is 1.86 bits per heavy atom. The second kappa shape index (κ2) is 9.89. The van der Waals surface area contributed by atoms with E-state index in [0.717, 1.165) is 26.8 Å². The normalized spacial score (nSPS) is 16.3. The summed E-state index contributed by atoms with van der Waals surface area (Å²) in [4.78, 5) is 17.7. The van der Waals surface area contributed by atoms with E-state index in [2.05, 4.69) is 23.1 Å². The number of thioether (sulfide) groups is 1. The van der Waals surface area contributed by atoms with Crippen LogP contribution >= 0.6 is 23.1 Å². The molecular weight excluding hydrogens is 480 g/mol. The van der Waals surface area contributed by atoms with E-state index in [9.17, 15) is 4.79 Å². The highest BCUT2D eigenvalue weighted by molar-refractivity contribution is 8.27. The number of hydrazone groups is 1. The third-order valence-electron chi connectivity index (χ3n) is 5.32. The van der Waals surface area contributed by atoms with E-state index in [4.69, 9.17) is 14.9 Å². The second-order valence-corrected chi connectivity index (χ2v) is 9.84. The van der Waals surface area contributed by atoms with Gasteiger partial charge in [-0.15, -0.1) is 11.3 Å². The molecule has 1 amide bonds. The highest BCUT2D eigenvalue weighted by Gasteiger charge is 2.36. The maximum atomic E-state index is 12.6. The number of aliphatic imine (C=N–C) groups is 1. The van der Waals surface area contributed by atoms with E-state index in [-0.39, 0.29) is 11.4 Å². The first-order valence-corrected chi connectivity index (χ1v) is 12.6. The lowest BCUT2D eigenvalue weighted by Gasteiger charge is -2.20. The third kappa shape index (κ3) is 5.06. The minimum Gasteiger partial charge on any atom is -0.490 e. The Morgan fingerprint density at radius 1 is 1.06 bits per heavy atom. The Labute approximate surface area is 211 Å². The number of carbonyl (C=O) groups is 1. The molecule has 3 heterocycles. The van der Waals surface area contributed by atoms with Crippen LogP contribution in [0.5, 0.6) is 11.5 Å². The van der Waals surface area contributed by atoms with Crippen LogP contribution in [-0.2, 0) is 4.79 Å². The molecule has 0 atom stereocenters. The molecule has 0 saturated heterocycles. The third-order valence-corrected chi connectivity index (χ3v) is 7.27. The van der Waals surface area contributed by atoms with Gasteiger partial charge >= 0.3 is 0 Å². The number of thiophene rings is 1. The van der Waals surface area contributed by atoms with Crippen molar-refractivity contribution in [3.05, 3.63) is 87.1 Å². The molecule has 35 heavy (non-hydrogen) atoms. The van der Waals surface area contributed by atoms with Crippen LogP contribution < -0.4 is 9.47 Å². The van der Waals surface area contributed by atoms with Crippen molar-refractivity contribution in [1.29, 1.82) is 5.41 Å². The first kappa shape index (κ1) is 23.1. The number of aryl methyl sites for hydroxylation is 2. The first-order chi connectivity index (χ1) is 17.0. The van der Waals surface area contributed by atoms with E-state index in [0.29, 0.717) is 24.1 Å². The van der Waals surface area contributed by atoms with Crippen LogP contribution in [0, 0.1) is 19.3 Å². The maximum absolute atomic E-state index is 12.6. The van der Waals surface area contributed by atoms with Crippen LogP contribution in [0.15, 0.2) is 75.6 Å². The summed E-state index contributed by atoms with van der Waals surface area (Å²) in [5, 5.41) is 17.5. The second-order valence-electron chi connectivity index (χ2n) is 7.94. The topological polar surface area (TPSA) is 87.3 Å². The van der Waals surface area contributed by atoms with Gasteiger partial charge in [-0.2, -0.15) is 15.1 Å². The molecule has 1 N–H and O–H groups in total. The minimum atomic E-state index is -0.444. The summed E-state index contributed by atoms with van der Waals surface area (Å²) in [6.07, 6.45) is 1.65. The summed E-state index contributed by atoms with van der Waals surface area (Å²) in [5.41, 5.74) is 3.27. The molecule has 1 aromatic heterocycles. The standard InChI is InChI=1S/C26H22N4O3S2/c1-16-5-10-21(17(2)14-16)33-12-11-32-19-8-6-18(7-9-19)15-20-23(27)30-26(28-24(20)31)35-25(29-30)22-4-3-13-34-22/h3-10,13-15,27H,11-12H2,1-2H3/b20-15-,27-23?. The zero-order chi connectivity index (χ0) is 24.4. The van der Waals surface area contributed by atoms with Gasteiger partial charge in [-0.25, -0.2) is 0 Å². The Bertz CT molecular complexity index is 1380. The van der Waals surface area contributed by atoms with Crippen molar-refractivity contribution in [2.24, 2.45) is 10.1 Å². The first-order valence-electron chi connectivity index (χ1n) is 10.9. The van der Waals surface area contributed by atoms with Crippen LogP contribution in [0.4, 0.5) is 0 Å². The molecule has 0 bridgehead atoms. The average molecular weight is 503 g/mol. The Morgan fingerprint density at radius 3 is 2.60 bits per heavy atom. The summed E-state index contributed by atoms with van der Waals surface area (Å²) in [5.74, 6) is 1.13. The molecule has 0 radical (unpaired) electrons. The number of fused-ring (bicyclic) bond motifs is 1. The van der Waals surface area contributed by atoms with Gasteiger partial charge in [0.15, 0.2) is 5.84 Å². The number of nitrogens with one attached hydrogen (secondary N) is 1. The van der Waals surface area contributed by atoms with Crippen molar-refractivity contribution in [2.45, 2.75) is 13.8 Å². The van der Waals surface area contributed by atoms with E-state index in [1.54, 1.807) is 17.4 Å². The number of rotatable bonds is 7. The van der Waals surface area contributed by atoms with Crippen LogP contribution in [-0.4, -0.2) is 40.2 Å². The smallest absolute Gasteiger partial charge is 0.283 e. The lowest BCUT2D eigenvalue weighted by molar-refractivity contribution is -0.114. The fraction of sp³-hybridized carbons (Fsp3) is 0.154. The fourth-order valence-corrected chi connectivity index (χ4v) is 5.27. The molecule has 3 aromatic rings. The molecule has 0 aliphatic carbocycles. The van der Waals surface area contributed by atoms with Gasteiger partial charge in [0.2, 0.25) is 5.17 Å². The average Bonchev–Trinajstić information content (AvgIpc) is 3.52. The van der Waals surface area contributed by atoms with E-state index >= 15 is 0 Å². The van der Waals surface area contributed by atoms with Crippen molar-refractivity contribution in [3.63, 3.8) is 0 Å². The van der Waals surface area contributed by atoms with Gasteiger partial charge < -0.3 is 9.47 Å². The van der Waals surface area contributed by atoms with Crippen LogP contribution in [0.25, 0.3) is 6.08 Å². The predicted molar refractivity (Wildman–Crippen MR) is 142 cm³/mol. The van der Waals surface area contributed by atoms with Gasteiger partial charge in [0.25, 0.3) is 5.91 Å². The van der Waals surface area contributed by atoms with Crippen LogP contribution in [0.3, 0.4) is 0 Å². The fourth-order valence-electron chi connectivity index (χ4n) is 3.59. The molecule has 5 rings (SSSR count). The lowest BCUT2D eigenvalue weighted by atomic mass is 10.1. The van der Waals surface area contributed by atoms with Crippen molar-refractivity contribution in [2.75, 3.05) is 13.2 Å². The van der Waals surface area contributed by atoms with Gasteiger partial charge in [-0.05, 0) is 72.5 Å². The molecule has 0 spiro atoms. The van der Waals surface area contributed by atoms with E-state index in [1.165, 1.54) is 22.3 Å². The molecule has 0 unspecified atom stereocenters. The van der Waals surface area contributed by atoms with Gasteiger partial charge in [0.1, 0.15) is 29.8 Å². The minimum absolute atomic E-state index is 0.0166. The van der Waals surface area contributed by atoms with E-state index in [1.807, 2.05) is 60.8 Å². The van der Waals surface area contributed by atoms with Crippen LogP contribution in [0.1, 0.15) is 21.6 Å². The molecule has 9 heteroatoms. The van der Waals surface area contributed by atoms with Crippen LogP contribution in [0.2, 0.25) is 0 Å². The van der Waals surface area contributed by atoms with Crippen molar-refractivity contribution >= 4 is 51.1 Å². The number of amides is 1. The van der Waals surface area contributed by atoms with Gasteiger partial charge in [0, 0.05) is 0 Å². The SMILES string of the molecule is Cc1ccc(OCCOc2ccc(/C=C3/C(=N)N4N=C(c5cccs5)SC4=NC3=O)cc2)c(C)c1. The molecule has 176 valence electrons. The largest absolute Gasteiger partial charge is 0.490 e. The molecule has 0 saturated carbocycles. The molecule has 2 aliphatic rings. The number of nitrogens with zero attached hydrogens (tertiary/aromatic N) is 3. The van der Waals surface area contributed by atoms with Crippen molar-refractivity contribution in [3.8, 4) is 11.5 Å². The van der Waals surface area contributed by atoms with Gasteiger partial charge in [-0.3, -0.25) is 10.2 Å². The Hall–Kier alpha value is -3.69. The number of amidine groups is 2. The highest BCUT2D eigenvalue weighted by atomic mass is 32.2. The summed E-state index contributed by atoms with van der Waals surface area (Å²) in [6.45, 7) is 4.92. The monoisotopic (exact) mass is 502 g/mol. The van der Waals surface area contributed by atoms with Gasteiger partial charge in [0.05, 0.1) is 10.5 Å². The lowest BCUT2D eigenvalue weighted by Crippen LogP contribution is -2.35. The number of carbonyl (C=O) groups excluding carboxylic acids is 1. The number of hydrogen-bond donors (Lipinski definition) is 1. The number of benzene rings is 2. The molecular formula is C26H22N4O3S2. The predicted octanol–water partition coefficient (Wildman–Crippen LogP) is 5.49. The zero-order valence-electron chi connectivity index (χ0n) is 19.1. The summed E-state index contributed by atoms with van der Waals surface area (Å²) < 4.78 is 11.6. The molecule has 7 nitrogen and oxygen atoms in total. The molecule has 2 aliphatic heterocycles. The Kier molecular flexibility index (Phi) is 6.52. The quantitative estimate of drug-likeness (QED) is 0.341. The van der Waals surface area contributed by atoms with Gasteiger partial charge in [-0.1, -0.05) is 35.9 Å². The van der Waals surface area contributed by atoms with Crippen molar-refractivity contribution in [1.82, 2.24) is 5.01 Å². The highest BCUT2D eigenvalue weighted by Crippen LogP contribution is 2.32. The Balaban J connectivity index is 1.21. The number of ether oxygens (including phenoxy) is 2. The van der Waals surface area contributed by atoms with E-state index < -0.39 is 5.91 Å². The maximum Gasteiger partial charge on any atom is 0.283 e. The molecule has 2 aromatic carbocycles. The number of hydrogen-bond acceptors (Lipinski definition) is 7. The summed E-state index contributed by atoms with van der Waals surface area (Å²) >= 11 is 2.86. The summed E-state index contributed by atoms with van der Waals surface area (Å²) in [6, 6.07) is 17.3. The zero-order valence-corrected chi connectivity index (χ0v) is 20.8. The summed E-state index contributed by atoms with van der Waals surface area (Å²) in [7, 11) is 0. The molecule has 0 fully saturated rings.